The second-order valence-electron chi connectivity index (χ2n) is 5.40. The van der Waals surface area contributed by atoms with Gasteiger partial charge in [0.1, 0.15) is 6.10 Å². The predicted octanol–water partition coefficient (Wildman–Crippen LogP) is 3.77. The summed E-state index contributed by atoms with van der Waals surface area (Å²) >= 11 is 0. The van der Waals surface area contributed by atoms with E-state index < -0.39 is 18.0 Å². The lowest BCUT2D eigenvalue weighted by atomic mass is 10.1. The molecule has 0 heterocycles. The molecule has 0 aliphatic carbocycles. The number of hydrogen-bond donors (Lipinski definition) is 2. The van der Waals surface area contributed by atoms with Crippen molar-refractivity contribution in [3.8, 4) is 23.7 Å². The van der Waals surface area contributed by atoms with Crippen molar-refractivity contribution < 1.29 is 15.0 Å². The highest BCUT2D eigenvalue weighted by molar-refractivity contribution is 5.68. The number of aliphatic hydroxyl groups excluding tert-OH is 1. The zero-order valence-corrected chi connectivity index (χ0v) is 13.6. The topological polar surface area (TPSA) is 57.5 Å². The van der Waals surface area contributed by atoms with Gasteiger partial charge < -0.3 is 10.2 Å². The summed E-state index contributed by atoms with van der Waals surface area (Å²) < 4.78 is 0. The number of hydrogen-bond acceptors (Lipinski definition) is 2. The largest absolute Gasteiger partial charge is 0.481 e. The van der Waals surface area contributed by atoms with E-state index in [1.165, 1.54) is 38.2 Å². The average Bonchev–Trinajstić information content (AvgIpc) is 2.49. The highest BCUT2D eigenvalue weighted by Crippen LogP contribution is 2.09. The molecule has 0 saturated carbocycles. The van der Waals surface area contributed by atoms with Crippen molar-refractivity contribution in [1.82, 2.24) is 0 Å². The third kappa shape index (κ3) is 13.3. The average molecular weight is 304 g/mol. The maximum atomic E-state index is 10.5. The first-order valence-electron chi connectivity index (χ1n) is 8.13. The molecule has 0 unspecified atom stereocenters. The van der Waals surface area contributed by atoms with E-state index in [1.807, 2.05) is 0 Å². The minimum Gasteiger partial charge on any atom is -0.481 e. The van der Waals surface area contributed by atoms with Crippen LogP contribution < -0.4 is 0 Å². The van der Waals surface area contributed by atoms with E-state index in [1.54, 1.807) is 0 Å². The Kier molecular flexibility index (Phi) is 13.1. The highest BCUT2D eigenvalue weighted by Gasteiger charge is 2.04. The lowest BCUT2D eigenvalue weighted by molar-refractivity contribution is -0.137. The van der Waals surface area contributed by atoms with Gasteiger partial charge in [-0.3, -0.25) is 4.79 Å². The number of carbonyl (C=O) groups is 1. The molecule has 0 saturated heterocycles. The van der Waals surface area contributed by atoms with Gasteiger partial charge in [-0.1, -0.05) is 63.4 Å². The van der Waals surface area contributed by atoms with E-state index in [9.17, 15) is 9.90 Å². The Labute approximate surface area is 134 Å². The molecule has 0 spiro atoms. The molecule has 0 aliphatic rings. The molecule has 122 valence electrons. The third-order valence-electron chi connectivity index (χ3n) is 3.32. The molecule has 0 aromatic rings. The van der Waals surface area contributed by atoms with Crippen molar-refractivity contribution >= 4 is 5.97 Å². The number of aliphatic hydroxyl groups is 1. The number of carboxylic acid groups (broad SMARTS) is 1. The molecule has 0 fully saturated rings. The van der Waals surface area contributed by atoms with Gasteiger partial charge in [0.05, 0.1) is 6.42 Å². The fraction of sp³-hybridized carbons (Fsp3) is 0.632. The number of allylic oxidation sites excluding steroid dienone is 1. The fourth-order valence-corrected chi connectivity index (χ4v) is 2.00. The van der Waals surface area contributed by atoms with E-state index in [-0.39, 0.29) is 6.42 Å². The van der Waals surface area contributed by atoms with Crippen LogP contribution in [0.15, 0.2) is 12.7 Å². The summed E-state index contributed by atoms with van der Waals surface area (Å²) in [5.41, 5.74) is 0. The van der Waals surface area contributed by atoms with E-state index in [0.29, 0.717) is 6.42 Å². The Morgan fingerprint density at radius 2 is 1.68 bits per heavy atom. The molecule has 0 aromatic carbocycles. The van der Waals surface area contributed by atoms with Gasteiger partial charge in [-0.2, -0.15) is 0 Å². The van der Waals surface area contributed by atoms with Crippen LogP contribution in [0.5, 0.6) is 0 Å². The van der Waals surface area contributed by atoms with Crippen LogP contribution in [0.1, 0.15) is 64.7 Å². The molecule has 3 nitrogen and oxygen atoms in total. The van der Waals surface area contributed by atoms with Crippen LogP contribution in [0.4, 0.5) is 0 Å². The van der Waals surface area contributed by atoms with Crippen LogP contribution in [0.2, 0.25) is 0 Å². The summed E-state index contributed by atoms with van der Waals surface area (Å²) in [6, 6.07) is 0. The van der Waals surface area contributed by atoms with Crippen LogP contribution in [0, 0.1) is 29.6 Å². The first-order valence-corrected chi connectivity index (χ1v) is 8.13. The number of aliphatic carboxylic acids is 1. The van der Waals surface area contributed by atoms with E-state index in [4.69, 9.17) is 5.11 Å². The van der Waals surface area contributed by atoms with Gasteiger partial charge >= 0.3 is 5.97 Å². The van der Waals surface area contributed by atoms with Crippen molar-refractivity contribution in [2.45, 2.75) is 70.8 Å². The van der Waals surface area contributed by atoms with Crippen LogP contribution in [-0.4, -0.2) is 22.3 Å². The molecule has 0 amide bonds. The summed E-state index contributed by atoms with van der Waals surface area (Å²) in [5.74, 6) is 9.27. The van der Waals surface area contributed by atoms with Crippen molar-refractivity contribution in [2.24, 2.45) is 5.92 Å². The van der Waals surface area contributed by atoms with Crippen LogP contribution >= 0.6 is 0 Å². The minimum atomic E-state index is -0.911. The van der Waals surface area contributed by atoms with Gasteiger partial charge in [0.25, 0.3) is 0 Å². The van der Waals surface area contributed by atoms with Gasteiger partial charge in [0.15, 0.2) is 0 Å². The third-order valence-corrected chi connectivity index (χ3v) is 3.32. The molecular weight excluding hydrogens is 276 g/mol. The van der Waals surface area contributed by atoms with Gasteiger partial charge in [-0.25, -0.2) is 0 Å². The van der Waals surface area contributed by atoms with Crippen LogP contribution in [0.3, 0.4) is 0 Å². The Hall–Kier alpha value is -1.71. The SMILES string of the molecule is C=C[C@H](C#CC#C[C@H](O)CCCCCCCCC)CC(=O)O. The lowest BCUT2D eigenvalue weighted by Crippen LogP contribution is -2.03. The van der Waals surface area contributed by atoms with Crippen molar-refractivity contribution in [2.75, 3.05) is 0 Å². The molecule has 0 radical (unpaired) electrons. The standard InChI is InChI=1S/C19H28O3/c1-3-5-6-7-8-9-10-14-18(20)15-12-11-13-17(4-2)16-19(21)22/h4,17-18,20H,2-3,5-10,14,16H2,1H3,(H,21,22)/t17-,18-/m1/s1. The monoisotopic (exact) mass is 304 g/mol. The van der Waals surface area contributed by atoms with Crippen molar-refractivity contribution in [3.05, 3.63) is 12.7 Å². The summed E-state index contributed by atoms with van der Waals surface area (Å²) in [6.07, 6.45) is 9.91. The van der Waals surface area contributed by atoms with E-state index >= 15 is 0 Å². The molecule has 0 bridgehead atoms. The Morgan fingerprint density at radius 1 is 1.09 bits per heavy atom. The summed E-state index contributed by atoms with van der Waals surface area (Å²) in [4.78, 5) is 10.5. The molecule has 0 rings (SSSR count). The zero-order valence-electron chi connectivity index (χ0n) is 13.6. The van der Waals surface area contributed by atoms with Crippen molar-refractivity contribution in [3.63, 3.8) is 0 Å². The fourth-order valence-electron chi connectivity index (χ4n) is 2.00. The second kappa shape index (κ2) is 14.2. The second-order valence-corrected chi connectivity index (χ2v) is 5.40. The van der Waals surface area contributed by atoms with E-state index in [2.05, 4.69) is 37.2 Å². The maximum absolute atomic E-state index is 10.5. The molecule has 0 aromatic heterocycles. The van der Waals surface area contributed by atoms with Crippen LogP contribution in [0.25, 0.3) is 0 Å². The van der Waals surface area contributed by atoms with Crippen molar-refractivity contribution in [1.29, 1.82) is 0 Å². The van der Waals surface area contributed by atoms with Gasteiger partial charge in [-0.15, -0.1) is 6.58 Å². The smallest absolute Gasteiger partial charge is 0.304 e. The number of rotatable bonds is 11. The first kappa shape index (κ1) is 20.3. The molecular formula is C19H28O3. The summed E-state index contributed by atoms with van der Waals surface area (Å²) in [6.45, 7) is 5.75. The molecule has 0 aliphatic heterocycles. The molecule has 22 heavy (non-hydrogen) atoms. The van der Waals surface area contributed by atoms with Crippen LogP contribution in [-0.2, 0) is 4.79 Å². The number of carboxylic acids is 1. The number of unbranched alkanes of at least 4 members (excludes halogenated alkanes) is 6. The quantitative estimate of drug-likeness (QED) is 0.347. The normalized spacial score (nSPS) is 12.3. The molecule has 2 N–H and O–H groups in total. The first-order chi connectivity index (χ1) is 10.6. The Bertz CT molecular complexity index is 431. The Morgan fingerprint density at radius 3 is 2.27 bits per heavy atom. The van der Waals surface area contributed by atoms with Gasteiger partial charge in [0, 0.05) is 5.92 Å². The summed E-state index contributed by atoms with van der Waals surface area (Å²) in [5, 5.41) is 18.4. The minimum absolute atomic E-state index is 0.0707. The maximum Gasteiger partial charge on any atom is 0.304 e. The predicted molar refractivity (Wildman–Crippen MR) is 90.1 cm³/mol. The summed E-state index contributed by atoms with van der Waals surface area (Å²) in [7, 11) is 0. The highest BCUT2D eigenvalue weighted by atomic mass is 16.4. The molecule has 2 atom stereocenters. The lowest BCUT2D eigenvalue weighted by Gasteiger charge is -2.03. The van der Waals surface area contributed by atoms with Gasteiger partial charge in [0.2, 0.25) is 0 Å². The van der Waals surface area contributed by atoms with Gasteiger partial charge in [-0.05, 0) is 24.7 Å². The Balaban J connectivity index is 3.86. The zero-order chi connectivity index (χ0) is 16.6. The van der Waals surface area contributed by atoms with E-state index in [0.717, 1.165) is 12.8 Å². The molecule has 3 heteroatoms.